The lowest BCUT2D eigenvalue weighted by Crippen LogP contribution is -2.47. The number of hydrogen-bond donors (Lipinski definition) is 1. The Labute approximate surface area is 76.7 Å². The first-order valence-corrected chi connectivity index (χ1v) is 4.78. The average Bonchev–Trinajstić information content (AvgIpc) is 1.85. The number of methoxy groups -OCH3 is 1. The highest BCUT2D eigenvalue weighted by molar-refractivity contribution is 4.79. The number of rotatable bonds is 6. The van der Waals surface area contributed by atoms with Crippen LogP contribution in [0.25, 0.3) is 0 Å². The summed E-state index contributed by atoms with van der Waals surface area (Å²) in [5.74, 6) is 0. The maximum absolute atomic E-state index is 5.12. The molecule has 1 atom stereocenters. The minimum Gasteiger partial charge on any atom is -0.383 e. The summed E-state index contributed by atoms with van der Waals surface area (Å²) >= 11 is 0. The van der Waals surface area contributed by atoms with Gasteiger partial charge in [0.2, 0.25) is 0 Å². The Kier molecular flexibility index (Phi) is 5.51. The molecule has 0 saturated carbocycles. The first-order valence-electron chi connectivity index (χ1n) is 4.78. The highest BCUT2D eigenvalue weighted by atomic mass is 16.5. The molecule has 0 rings (SSSR count). The number of hydrogen-bond acceptors (Lipinski definition) is 2. The van der Waals surface area contributed by atoms with Crippen LogP contribution in [-0.4, -0.2) is 25.3 Å². The van der Waals surface area contributed by atoms with Crippen molar-refractivity contribution in [2.45, 2.75) is 52.1 Å². The maximum Gasteiger partial charge on any atom is 0.0639 e. The molecule has 0 aromatic rings. The van der Waals surface area contributed by atoms with Crippen molar-refractivity contribution in [3.05, 3.63) is 0 Å². The number of nitrogens with one attached hydrogen (secondary N) is 1. The topological polar surface area (TPSA) is 21.3 Å². The van der Waals surface area contributed by atoms with Crippen LogP contribution in [0.15, 0.2) is 0 Å². The molecule has 1 N–H and O–H groups in total. The van der Waals surface area contributed by atoms with Crippen LogP contribution >= 0.6 is 0 Å². The molecule has 0 aromatic heterocycles. The zero-order chi connectivity index (χ0) is 9.61. The Morgan fingerprint density at radius 1 is 1.42 bits per heavy atom. The van der Waals surface area contributed by atoms with Crippen molar-refractivity contribution in [1.29, 1.82) is 0 Å². The highest BCUT2D eigenvalue weighted by Crippen LogP contribution is 2.06. The molecular formula is C10H23NO. The molecule has 2 nitrogen and oxygen atoms in total. The van der Waals surface area contributed by atoms with Gasteiger partial charge in [0.1, 0.15) is 0 Å². The average molecular weight is 173 g/mol. The predicted octanol–water partition coefficient (Wildman–Crippen LogP) is 2.19. The molecule has 0 aliphatic carbocycles. The van der Waals surface area contributed by atoms with Gasteiger partial charge in [-0.15, -0.1) is 0 Å². The van der Waals surface area contributed by atoms with Crippen LogP contribution in [0.2, 0.25) is 0 Å². The second kappa shape index (κ2) is 5.55. The monoisotopic (exact) mass is 173 g/mol. The normalized spacial score (nSPS) is 14.8. The Bertz CT molecular complexity index is 112. The summed E-state index contributed by atoms with van der Waals surface area (Å²) in [7, 11) is 1.74. The van der Waals surface area contributed by atoms with Crippen molar-refractivity contribution < 1.29 is 4.74 Å². The third-order valence-electron chi connectivity index (χ3n) is 1.86. The van der Waals surface area contributed by atoms with Gasteiger partial charge in [-0.05, 0) is 27.2 Å². The van der Waals surface area contributed by atoms with Crippen molar-refractivity contribution in [3.8, 4) is 0 Å². The Morgan fingerprint density at radius 2 is 2.00 bits per heavy atom. The highest BCUT2D eigenvalue weighted by Gasteiger charge is 2.18. The fraction of sp³-hybridized carbons (Fsp3) is 1.00. The molecule has 0 aliphatic rings. The van der Waals surface area contributed by atoms with E-state index in [2.05, 4.69) is 33.0 Å². The van der Waals surface area contributed by atoms with Crippen molar-refractivity contribution in [1.82, 2.24) is 5.32 Å². The summed E-state index contributed by atoms with van der Waals surface area (Å²) in [4.78, 5) is 0. The van der Waals surface area contributed by atoms with Gasteiger partial charge in [-0.1, -0.05) is 13.3 Å². The first-order chi connectivity index (χ1) is 5.52. The Balaban J connectivity index is 3.70. The van der Waals surface area contributed by atoms with E-state index in [1.165, 1.54) is 12.8 Å². The second-order valence-electron chi connectivity index (χ2n) is 4.15. The summed E-state index contributed by atoms with van der Waals surface area (Å²) in [5, 5.41) is 3.53. The van der Waals surface area contributed by atoms with Crippen LogP contribution in [0.3, 0.4) is 0 Å². The molecule has 0 radical (unpaired) electrons. The van der Waals surface area contributed by atoms with E-state index >= 15 is 0 Å². The van der Waals surface area contributed by atoms with E-state index < -0.39 is 0 Å². The quantitative estimate of drug-likeness (QED) is 0.665. The molecule has 0 amide bonds. The molecule has 0 fully saturated rings. The molecule has 0 saturated heterocycles. The number of ether oxygens (including phenoxy) is 1. The largest absolute Gasteiger partial charge is 0.383 e. The third kappa shape index (κ3) is 5.56. The van der Waals surface area contributed by atoms with Crippen molar-refractivity contribution in [2.24, 2.45) is 0 Å². The summed E-state index contributed by atoms with van der Waals surface area (Å²) in [6.45, 7) is 9.54. The van der Waals surface area contributed by atoms with E-state index in [1.807, 2.05) is 0 Å². The third-order valence-corrected chi connectivity index (χ3v) is 1.86. The molecule has 12 heavy (non-hydrogen) atoms. The molecule has 2 heteroatoms. The summed E-state index contributed by atoms with van der Waals surface area (Å²) in [6.07, 6.45) is 2.46. The zero-order valence-electron chi connectivity index (χ0n) is 9.11. The minimum atomic E-state index is 0.101. The lowest BCUT2D eigenvalue weighted by Gasteiger charge is -2.29. The predicted molar refractivity (Wildman–Crippen MR) is 53.5 cm³/mol. The van der Waals surface area contributed by atoms with E-state index in [4.69, 9.17) is 4.74 Å². The van der Waals surface area contributed by atoms with Crippen LogP contribution in [-0.2, 0) is 4.74 Å². The van der Waals surface area contributed by atoms with E-state index in [0.717, 1.165) is 6.61 Å². The van der Waals surface area contributed by atoms with Gasteiger partial charge in [0.05, 0.1) is 6.61 Å². The SMILES string of the molecule is CCCC(C)NC(C)(C)COC. The van der Waals surface area contributed by atoms with Crippen LogP contribution < -0.4 is 5.32 Å². The summed E-state index contributed by atoms with van der Waals surface area (Å²) in [6, 6.07) is 0.583. The summed E-state index contributed by atoms with van der Waals surface area (Å²) in [5.41, 5.74) is 0.101. The fourth-order valence-electron chi connectivity index (χ4n) is 1.57. The van der Waals surface area contributed by atoms with Gasteiger partial charge in [0.25, 0.3) is 0 Å². The molecule has 0 aliphatic heterocycles. The molecular weight excluding hydrogens is 150 g/mol. The van der Waals surface area contributed by atoms with Crippen LogP contribution in [0.4, 0.5) is 0 Å². The van der Waals surface area contributed by atoms with Gasteiger partial charge in [-0.25, -0.2) is 0 Å². The summed E-state index contributed by atoms with van der Waals surface area (Å²) < 4.78 is 5.12. The fourth-order valence-corrected chi connectivity index (χ4v) is 1.57. The molecule has 1 unspecified atom stereocenters. The van der Waals surface area contributed by atoms with E-state index in [-0.39, 0.29) is 5.54 Å². The first kappa shape index (κ1) is 11.9. The molecule has 74 valence electrons. The smallest absolute Gasteiger partial charge is 0.0639 e. The maximum atomic E-state index is 5.12. The lowest BCUT2D eigenvalue weighted by molar-refractivity contribution is 0.121. The molecule has 0 bridgehead atoms. The van der Waals surface area contributed by atoms with Crippen molar-refractivity contribution >= 4 is 0 Å². The van der Waals surface area contributed by atoms with Crippen molar-refractivity contribution in [2.75, 3.05) is 13.7 Å². The van der Waals surface area contributed by atoms with E-state index in [1.54, 1.807) is 7.11 Å². The van der Waals surface area contributed by atoms with E-state index in [9.17, 15) is 0 Å². The van der Waals surface area contributed by atoms with Gasteiger partial charge in [0, 0.05) is 18.7 Å². The van der Waals surface area contributed by atoms with Crippen LogP contribution in [0.5, 0.6) is 0 Å². The zero-order valence-corrected chi connectivity index (χ0v) is 9.11. The van der Waals surface area contributed by atoms with Gasteiger partial charge in [-0.2, -0.15) is 0 Å². The van der Waals surface area contributed by atoms with Crippen LogP contribution in [0, 0.1) is 0 Å². The molecule has 0 spiro atoms. The van der Waals surface area contributed by atoms with E-state index in [0.29, 0.717) is 6.04 Å². The van der Waals surface area contributed by atoms with Gasteiger partial charge in [0.15, 0.2) is 0 Å². The molecule has 0 aromatic carbocycles. The van der Waals surface area contributed by atoms with Gasteiger partial charge in [-0.3, -0.25) is 0 Å². The van der Waals surface area contributed by atoms with Gasteiger partial charge < -0.3 is 10.1 Å². The van der Waals surface area contributed by atoms with Crippen molar-refractivity contribution in [3.63, 3.8) is 0 Å². The second-order valence-corrected chi connectivity index (χ2v) is 4.15. The minimum absolute atomic E-state index is 0.101. The Hall–Kier alpha value is -0.0800. The standard InChI is InChI=1S/C10H23NO/c1-6-7-9(2)11-10(3,4)8-12-5/h9,11H,6-8H2,1-5H3. The van der Waals surface area contributed by atoms with Crippen LogP contribution in [0.1, 0.15) is 40.5 Å². The molecule has 0 heterocycles. The lowest BCUT2D eigenvalue weighted by atomic mass is 10.0. The Morgan fingerprint density at radius 3 is 2.42 bits per heavy atom. The van der Waals surface area contributed by atoms with Gasteiger partial charge >= 0.3 is 0 Å².